The van der Waals surface area contributed by atoms with Gasteiger partial charge in [-0.05, 0) is 49.9 Å². The van der Waals surface area contributed by atoms with Crippen molar-refractivity contribution >= 4 is 28.2 Å². The highest BCUT2D eigenvalue weighted by molar-refractivity contribution is 5.92. The fourth-order valence-corrected chi connectivity index (χ4v) is 3.27. The molecule has 1 amide bonds. The summed E-state index contributed by atoms with van der Waals surface area (Å²) in [6, 6.07) is 15.9. The van der Waals surface area contributed by atoms with Crippen LogP contribution in [0.2, 0.25) is 0 Å². The van der Waals surface area contributed by atoms with E-state index in [2.05, 4.69) is 15.3 Å². The summed E-state index contributed by atoms with van der Waals surface area (Å²) in [7, 11) is 1.58. The SMILES string of the molecule is CCN(CC(=O)Nc1ccc(OC)cc1)[C@@H](C)/C(O)=C(\C#N)c1nc2ccccc2[nH]1. The number of para-hydroxylation sites is 2. The lowest BCUT2D eigenvalue weighted by Gasteiger charge is -2.27. The summed E-state index contributed by atoms with van der Waals surface area (Å²) < 4.78 is 5.11. The van der Waals surface area contributed by atoms with Crippen LogP contribution in [0.5, 0.6) is 5.75 Å². The molecule has 0 unspecified atom stereocenters. The minimum absolute atomic E-state index is 0.0482. The van der Waals surface area contributed by atoms with E-state index in [1.165, 1.54) is 0 Å². The van der Waals surface area contributed by atoms with Crippen LogP contribution in [0.15, 0.2) is 54.3 Å². The number of aromatic amines is 1. The number of aliphatic hydroxyl groups excluding tert-OH is 1. The van der Waals surface area contributed by atoms with Crippen LogP contribution in [0.1, 0.15) is 19.7 Å². The smallest absolute Gasteiger partial charge is 0.238 e. The molecule has 31 heavy (non-hydrogen) atoms. The third-order valence-corrected chi connectivity index (χ3v) is 5.06. The number of carbonyl (C=O) groups is 1. The molecule has 0 fully saturated rings. The summed E-state index contributed by atoms with van der Waals surface area (Å²) in [5, 5.41) is 23.3. The van der Waals surface area contributed by atoms with Crippen LogP contribution >= 0.6 is 0 Å². The molecule has 0 saturated carbocycles. The first-order valence-corrected chi connectivity index (χ1v) is 9.93. The van der Waals surface area contributed by atoms with Crippen molar-refractivity contribution in [2.45, 2.75) is 19.9 Å². The second kappa shape index (κ2) is 9.78. The summed E-state index contributed by atoms with van der Waals surface area (Å²) in [5.41, 5.74) is 2.18. The Bertz CT molecular complexity index is 1100. The Balaban J connectivity index is 1.76. The predicted molar refractivity (Wildman–Crippen MR) is 120 cm³/mol. The number of amides is 1. The van der Waals surface area contributed by atoms with Crippen molar-refractivity contribution in [2.24, 2.45) is 0 Å². The van der Waals surface area contributed by atoms with E-state index in [9.17, 15) is 15.2 Å². The first-order valence-electron chi connectivity index (χ1n) is 9.93. The fraction of sp³-hybridized carbons (Fsp3) is 0.261. The van der Waals surface area contributed by atoms with E-state index in [0.717, 1.165) is 5.52 Å². The third kappa shape index (κ3) is 5.02. The molecule has 3 N–H and O–H groups in total. The van der Waals surface area contributed by atoms with Crippen molar-refractivity contribution in [3.8, 4) is 11.8 Å². The molecule has 1 aromatic heterocycles. The van der Waals surface area contributed by atoms with Crippen LogP contribution in [0, 0.1) is 11.3 Å². The lowest BCUT2D eigenvalue weighted by atomic mass is 10.1. The number of hydrogen-bond acceptors (Lipinski definition) is 6. The number of likely N-dealkylation sites (N-methyl/N-ethyl adjacent to an activating group) is 1. The maximum atomic E-state index is 12.5. The number of methoxy groups -OCH3 is 1. The number of aromatic nitrogens is 2. The van der Waals surface area contributed by atoms with Crippen molar-refractivity contribution < 1.29 is 14.6 Å². The minimum atomic E-state index is -0.561. The molecular formula is C23H25N5O3. The normalized spacial score (nSPS) is 12.9. The van der Waals surface area contributed by atoms with E-state index >= 15 is 0 Å². The number of carbonyl (C=O) groups excluding carboxylic acids is 1. The Morgan fingerprint density at radius 2 is 2.00 bits per heavy atom. The van der Waals surface area contributed by atoms with Crippen molar-refractivity contribution in [1.29, 1.82) is 5.26 Å². The minimum Gasteiger partial charge on any atom is -0.509 e. The number of benzene rings is 2. The molecule has 8 heteroatoms. The number of aliphatic hydroxyl groups is 1. The van der Waals surface area contributed by atoms with Gasteiger partial charge in [0.1, 0.15) is 23.2 Å². The number of rotatable bonds is 8. The lowest BCUT2D eigenvalue weighted by molar-refractivity contribution is -0.117. The fourth-order valence-electron chi connectivity index (χ4n) is 3.27. The summed E-state index contributed by atoms with van der Waals surface area (Å²) >= 11 is 0. The monoisotopic (exact) mass is 419 g/mol. The summed E-state index contributed by atoms with van der Waals surface area (Å²) in [4.78, 5) is 21.8. The Morgan fingerprint density at radius 3 is 2.61 bits per heavy atom. The molecule has 1 atom stereocenters. The van der Waals surface area contributed by atoms with Gasteiger partial charge < -0.3 is 20.1 Å². The molecule has 0 bridgehead atoms. The molecule has 3 rings (SSSR count). The number of imidazole rings is 1. The van der Waals surface area contributed by atoms with E-state index in [4.69, 9.17) is 4.74 Å². The second-order valence-electron chi connectivity index (χ2n) is 6.99. The van der Waals surface area contributed by atoms with Gasteiger partial charge >= 0.3 is 0 Å². The quantitative estimate of drug-likeness (QED) is 0.379. The predicted octanol–water partition coefficient (Wildman–Crippen LogP) is 3.71. The number of ether oxygens (including phenoxy) is 1. The van der Waals surface area contributed by atoms with Crippen LogP contribution in [-0.4, -0.2) is 52.1 Å². The third-order valence-electron chi connectivity index (χ3n) is 5.06. The molecule has 0 aliphatic carbocycles. The zero-order chi connectivity index (χ0) is 22.4. The number of anilines is 1. The van der Waals surface area contributed by atoms with E-state index < -0.39 is 6.04 Å². The summed E-state index contributed by atoms with van der Waals surface area (Å²) in [6.45, 7) is 4.18. The second-order valence-corrected chi connectivity index (χ2v) is 6.99. The van der Waals surface area contributed by atoms with Crippen molar-refractivity contribution in [3.05, 3.63) is 60.1 Å². The standard InChI is InChI=1S/C23H25N5O3/c1-4-28(14-21(29)25-16-9-11-17(31-3)12-10-16)15(2)22(30)18(13-24)23-26-19-7-5-6-8-20(19)27-23/h5-12,15,30H,4,14H2,1-3H3,(H,25,29)(H,26,27)/b22-18-/t15-/m0/s1. The van der Waals surface area contributed by atoms with Gasteiger partial charge in [0.2, 0.25) is 5.91 Å². The molecule has 3 aromatic rings. The number of nitrogens with zero attached hydrogens (tertiary/aromatic N) is 3. The highest BCUT2D eigenvalue weighted by Crippen LogP contribution is 2.22. The number of nitriles is 1. The maximum Gasteiger partial charge on any atom is 0.238 e. The van der Waals surface area contributed by atoms with Crippen molar-refractivity contribution in [2.75, 3.05) is 25.5 Å². The van der Waals surface area contributed by atoms with E-state index in [-0.39, 0.29) is 23.8 Å². The van der Waals surface area contributed by atoms with E-state index in [0.29, 0.717) is 29.3 Å². The zero-order valence-corrected chi connectivity index (χ0v) is 17.7. The number of allylic oxidation sites excluding steroid dienone is 1. The average Bonchev–Trinajstić information content (AvgIpc) is 3.21. The molecule has 0 spiro atoms. The van der Waals surface area contributed by atoms with Gasteiger partial charge in [-0.25, -0.2) is 4.98 Å². The van der Waals surface area contributed by atoms with Crippen LogP contribution in [0.25, 0.3) is 16.6 Å². The Hall–Kier alpha value is -3.83. The largest absolute Gasteiger partial charge is 0.509 e. The lowest BCUT2D eigenvalue weighted by Crippen LogP contribution is -2.40. The van der Waals surface area contributed by atoms with Gasteiger partial charge in [0.05, 0.1) is 30.7 Å². The summed E-state index contributed by atoms with van der Waals surface area (Å²) in [6.07, 6.45) is 0. The average molecular weight is 419 g/mol. The van der Waals surface area contributed by atoms with Gasteiger partial charge in [-0.15, -0.1) is 0 Å². The van der Waals surface area contributed by atoms with Crippen LogP contribution in [0.3, 0.4) is 0 Å². The molecule has 2 aromatic carbocycles. The molecule has 0 aliphatic rings. The van der Waals surface area contributed by atoms with Gasteiger partial charge in [0.25, 0.3) is 0 Å². The highest BCUT2D eigenvalue weighted by Gasteiger charge is 2.24. The molecule has 1 heterocycles. The van der Waals surface area contributed by atoms with Gasteiger partial charge in [-0.2, -0.15) is 5.26 Å². The molecule has 8 nitrogen and oxygen atoms in total. The van der Waals surface area contributed by atoms with E-state index in [1.54, 1.807) is 43.2 Å². The Labute approximate surface area is 180 Å². The number of fused-ring (bicyclic) bond motifs is 1. The van der Waals surface area contributed by atoms with Crippen LogP contribution in [0.4, 0.5) is 5.69 Å². The molecule has 0 radical (unpaired) electrons. The molecular weight excluding hydrogens is 394 g/mol. The number of H-pyrrole nitrogens is 1. The highest BCUT2D eigenvalue weighted by atomic mass is 16.5. The molecule has 0 aliphatic heterocycles. The molecule has 0 saturated heterocycles. The summed E-state index contributed by atoms with van der Waals surface area (Å²) in [5.74, 6) is 0.632. The Morgan fingerprint density at radius 1 is 1.29 bits per heavy atom. The van der Waals surface area contributed by atoms with E-state index in [1.807, 2.05) is 37.3 Å². The van der Waals surface area contributed by atoms with Crippen molar-refractivity contribution in [1.82, 2.24) is 14.9 Å². The van der Waals surface area contributed by atoms with Gasteiger partial charge in [0.15, 0.2) is 5.82 Å². The van der Waals surface area contributed by atoms with Crippen molar-refractivity contribution in [3.63, 3.8) is 0 Å². The number of hydrogen-bond donors (Lipinski definition) is 3. The maximum absolute atomic E-state index is 12.5. The zero-order valence-electron chi connectivity index (χ0n) is 17.7. The topological polar surface area (TPSA) is 114 Å². The first-order chi connectivity index (χ1) is 15.0. The first kappa shape index (κ1) is 21.9. The van der Waals surface area contributed by atoms with Crippen LogP contribution in [-0.2, 0) is 4.79 Å². The molecule has 160 valence electrons. The van der Waals surface area contributed by atoms with Gasteiger partial charge in [-0.1, -0.05) is 19.1 Å². The van der Waals surface area contributed by atoms with Gasteiger partial charge in [0, 0.05) is 5.69 Å². The van der Waals surface area contributed by atoms with Gasteiger partial charge in [-0.3, -0.25) is 9.69 Å². The van der Waals surface area contributed by atoms with Crippen LogP contribution < -0.4 is 10.1 Å². The number of nitrogens with one attached hydrogen (secondary N) is 2. The Kier molecular flexibility index (Phi) is 6.90.